The van der Waals surface area contributed by atoms with Gasteiger partial charge in [-0.2, -0.15) is 5.10 Å². The number of benzene rings is 2. The molecule has 2 N–H and O–H groups in total. The first kappa shape index (κ1) is 13.4. The Balaban J connectivity index is 1.94. The molecule has 110 valence electrons. The number of aryl methyl sites for hydroxylation is 1. The fourth-order valence-electron chi connectivity index (χ4n) is 2.86. The quantitative estimate of drug-likeness (QED) is 0.721. The minimum atomic E-state index is 0.0451. The number of carbonyl (C=O) groups is 1. The fourth-order valence-corrected chi connectivity index (χ4v) is 4.02. The van der Waals surface area contributed by atoms with Crippen molar-refractivity contribution in [1.29, 1.82) is 0 Å². The van der Waals surface area contributed by atoms with Crippen LogP contribution in [-0.2, 0) is 4.79 Å². The second kappa shape index (κ2) is 5.18. The number of amides is 1. The molecule has 0 radical (unpaired) electrons. The average Bonchev–Trinajstić information content (AvgIpc) is 2.92. The van der Waals surface area contributed by atoms with Gasteiger partial charge in [-0.1, -0.05) is 29.8 Å². The molecule has 0 fully saturated rings. The van der Waals surface area contributed by atoms with E-state index in [-0.39, 0.29) is 11.2 Å². The van der Waals surface area contributed by atoms with Crippen molar-refractivity contribution in [2.75, 3.05) is 11.1 Å². The largest absolute Gasteiger partial charge is 0.325 e. The van der Waals surface area contributed by atoms with Crippen molar-refractivity contribution in [3.8, 4) is 0 Å². The summed E-state index contributed by atoms with van der Waals surface area (Å²) in [5, 5.41) is 11.4. The number of nitrogens with zero attached hydrogens (tertiary/aromatic N) is 1. The molecule has 0 bridgehead atoms. The molecule has 0 saturated heterocycles. The van der Waals surface area contributed by atoms with Gasteiger partial charge in [0.25, 0.3) is 0 Å². The van der Waals surface area contributed by atoms with Crippen LogP contribution in [0.2, 0.25) is 0 Å². The minimum absolute atomic E-state index is 0.0451. The Hall–Kier alpha value is -2.27. The summed E-state index contributed by atoms with van der Waals surface area (Å²) in [7, 11) is 0. The van der Waals surface area contributed by atoms with Gasteiger partial charge in [0.05, 0.1) is 22.7 Å². The molecule has 0 aliphatic carbocycles. The van der Waals surface area contributed by atoms with Gasteiger partial charge in [0, 0.05) is 16.6 Å². The molecule has 22 heavy (non-hydrogen) atoms. The maximum Gasteiger partial charge on any atom is 0.234 e. The van der Waals surface area contributed by atoms with Crippen molar-refractivity contribution in [2.45, 2.75) is 12.2 Å². The lowest BCUT2D eigenvalue weighted by Crippen LogP contribution is -2.12. The van der Waals surface area contributed by atoms with Crippen molar-refractivity contribution in [1.82, 2.24) is 10.2 Å². The van der Waals surface area contributed by atoms with Crippen LogP contribution in [-0.4, -0.2) is 21.9 Å². The van der Waals surface area contributed by atoms with E-state index in [9.17, 15) is 4.79 Å². The normalized spacial score (nSPS) is 17.9. The van der Waals surface area contributed by atoms with Gasteiger partial charge in [-0.25, -0.2) is 0 Å². The van der Waals surface area contributed by atoms with Crippen molar-refractivity contribution >= 4 is 34.3 Å². The van der Waals surface area contributed by atoms with E-state index in [1.54, 1.807) is 11.8 Å². The second-order valence-corrected chi connectivity index (χ2v) is 6.60. The highest BCUT2D eigenvalue weighted by Gasteiger charge is 2.26. The number of hydrogen-bond donors (Lipinski definition) is 2. The molecule has 3 aromatic rings. The summed E-state index contributed by atoms with van der Waals surface area (Å²) in [5.74, 6) is 0.496. The van der Waals surface area contributed by atoms with E-state index in [1.807, 2.05) is 18.3 Å². The lowest BCUT2D eigenvalue weighted by molar-refractivity contribution is -0.113. The Morgan fingerprint density at radius 1 is 1.18 bits per heavy atom. The molecule has 1 atom stereocenters. The number of hydrogen-bond acceptors (Lipinski definition) is 3. The molecule has 4 rings (SSSR count). The van der Waals surface area contributed by atoms with E-state index in [2.05, 4.69) is 46.7 Å². The lowest BCUT2D eigenvalue weighted by atomic mass is 9.98. The number of fused-ring (bicyclic) bond motifs is 3. The minimum Gasteiger partial charge on any atom is -0.325 e. The molecule has 1 aliphatic rings. The third-order valence-electron chi connectivity index (χ3n) is 3.96. The van der Waals surface area contributed by atoms with Gasteiger partial charge in [-0.15, -0.1) is 11.8 Å². The molecule has 0 spiro atoms. The molecule has 2 aromatic carbocycles. The standard InChI is InChI=1S/C17H15N3OS/c1-10-2-4-11(5-3-10)17-16-12-8-18-20-13(12)6-7-14(16)19-15(21)9-22-17/h2-8,17H,9H2,1H3,(H,18,20)(H,19,21). The predicted molar refractivity (Wildman–Crippen MR) is 90.2 cm³/mol. The zero-order valence-corrected chi connectivity index (χ0v) is 12.9. The third kappa shape index (κ3) is 2.18. The number of rotatable bonds is 1. The van der Waals surface area contributed by atoms with Crippen LogP contribution in [0.3, 0.4) is 0 Å². The van der Waals surface area contributed by atoms with Gasteiger partial charge in [-0.3, -0.25) is 9.89 Å². The van der Waals surface area contributed by atoms with Crippen LogP contribution < -0.4 is 5.32 Å². The Morgan fingerprint density at radius 2 is 2.00 bits per heavy atom. The topological polar surface area (TPSA) is 57.8 Å². The van der Waals surface area contributed by atoms with E-state index in [0.29, 0.717) is 5.75 Å². The zero-order chi connectivity index (χ0) is 15.1. The molecule has 1 aromatic heterocycles. The van der Waals surface area contributed by atoms with Gasteiger partial charge in [0.15, 0.2) is 0 Å². The highest BCUT2D eigenvalue weighted by Crippen LogP contribution is 2.44. The van der Waals surface area contributed by atoms with Crippen LogP contribution in [0.5, 0.6) is 0 Å². The Bertz CT molecular complexity index is 854. The van der Waals surface area contributed by atoms with Crippen molar-refractivity contribution in [3.63, 3.8) is 0 Å². The summed E-state index contributed by atoms with van der Waals surface area (Å²) in [6.45, 7) is 2.08. The van der Waals surface area contributed by atoms with E-state index in [0.717, 1.165) is 22.2 Å². The van der Waals surface area contributed by atoms with Crippen molar-refractivity contribution < 1.29 is 4.79 Å². The Morgan fingerprint density at radius 3 is 2.82 bits per heavy atom. The average molecular weight is 309 g/mol. The van der Waals surface area contributed by atoms with Gasteiger partial charge < -0.3 is 5.32 Å². The molecule has 1 aliphatic heterocycles. The summed E-state index contributed by atoms with van der Waals surface area (Å²) in [5.41, 5.74) is 5.45. The molecule has 1 unspecified atom stereocenters. The first-order valence-corrected chi connectivity index (χ1v) is 8.21. The highest BCUT2D eigenvalue weighted by molar-refractivity contribution is 8.00. The number of anilines is 1. The summed E-state index contributed by atoms with van der Waals surface area (Å²) in [6.07, 6.45) is 1.84. The maximum atomic E-state index is 12.0. The number of thioether (sulfide) groups is 1. The van der Waals surface area contributed by atoms with E-state index >= 15 is 0 Å². The third-order valence-corrected chi connectivity index (χ3v) is 5.23. The first-order valence-electron chi connectivity index (χ1n) is 7.16. The molecule has 5 heteroatoms. The fraction of sp³-hybridized carbons (Fsp3) is 0.176. The maximum absolute atomic E-state index is 12.0. The molecule has 2 heterocycles. The first-order chi connectivity index (χ1) is 10.7. The summed E-state index contributed by atoms with van der Waals surface area (Å²) in [6, 6.07) is 12.4. The van der Waals surface area contributed by atoms with Crippen LogP contribution >= 0.6 is 11.8 Å². The molecular weight excluding hydrogens is 294 g/mol. The van der Waals surface area contributed by atoms with Gasteiger partial charge in [0.1, 0.15) is 0 Å². The highest BCUT2D eigenvalue weighted by atomic mass is 32.2. The van der Waals surface area contributed by atoms with Gasteiger partial charge in [-0.05, 0) is 24.6 Å². The van der Waals surface area contributed by atoms with Gasteiger partial charge >= 0.3 is 0 Å². The van der Waals surface area contributed by atoms with E-state index in [4.69, 9.17) is 0 Å². The summed E-state index contributed by atoms with van der Waals surface area (Å²) >= 11 is 1.66. The van der Waals surface area contributed by atoms with Crippen molar-refractivity contribution in [2.24, 2.45) is 0 Å². The second-order valence-electron chi connectivity index (χ2n) is 5.51. The van der Waals surface area contributed by atoms with Crippen molar-refractivity contribution in [3.05, 3.63) is 59.3 Å². The van der Waals surface area contributed by atoms with E-state index in [1.165, 1.54) is 11.1 Å². The number of nitrogens with one attached hydrogen (secondary N) is 2. The summed E-state index contributed by atoms with van der Waals surface area (Å²) in [4.78, 5) is 12.0. The van der Waals surface area contributed by atoms with Crippen LogP contribution in [0.25, 0.3) is 10.9 Å². The van der Waals surface area contributed by atoms with Crippen LogP contribution in [0, 0.1) is 6.92 Å². The van der Waals surface area contributed by atoms with E-state index < -0.39 is 0 Å². The number of carbonyl (C=O) groups excluding carboxylic acids is 1. The predicted octanol–water partition coefficient (Wildman–Crippen LogP) is 3.65. The molecule has 4 nitrogen and oxygen atoms in total. The van der Waals surface area contributed by atoms with Gasteiger partial charge in [0.2, 0.25) is 5.91 Å². The van der Waals surface area contributed by atoms with Crippen LogP contribution in [0.1, 0.15) is 21.9 Å². The molecular formula is C17H15N3OS. The molecule has 0 saturated carbocycles. The SMILES string of the molecule is Cc1ccc(C2SCC(=O)Nc3ccc4[nH]ncc4c32)cc1. The van der Waals surface area contributed by atoms with Crippen LogP contribution in [0.15, 0.2) is 42.6 Å². The smallest absolute Gasteiger partial charge is 0.234 e. The lowest BCUT2D eigenvalue weighted by Gasteiger charge is -2.18. The number of H-pyrrole nitrogens is 1. The summed E-state index contributed by atoms with van der Waals surface area (Å²) < 4.78 is 0. The Labute approximate surface area is 132 Å². The number of aromatic nitrogens is 2. The number of aromatic amines is 1. The molecule has 1 amide bonds. The monoisotopic (exact) mass is 309 g/mol. The Kier molecular flexibility index (Phi) is 3.15. The zero-order valence-electron chi connectivity index (χ0n) is 12.1. The van der Waals surface area contributed by atoms with Crippen LogP contribution in [0.4, 0.5) is 5.69 Å².